The van der Waals surface area contributed by atoms with E-state index in [1.54, 1.807) is 5.57 Å². The predicted molar refractivity (Wildman–Crippen MR) is 169 cm³/mol. The van der Waals surface area contributed by atoms with E-state index in [-0.39, 0.29) is 18.3 Å². The summed E-state index contributed by atoms with van der Waals surface area (Å²) in [4.78, 5) is 2.56. The Balaban J connectivity index is 0.00000353. The van der Waals surface area contributed by atoms with Gasteiger partial charge in [-0.05, 0) is 83.7 Å². The van der Waals surface area contributed by atoms with E-state index in [0.717, 1.165) is 50.9 Å². The fourth-order valence-corrected chi connectivity index (χ4v) is 6.41. The fourth-order valence-electron chi connectivity index (χ4n) is 6.11. The first-order chi connectivity index (χ1) is 18.4. The van der Waals surface area contributed by atoms with E-state index >= 15 is 0 Å². The highest BCUT2D eigenvalue weighted by atomic mass is 35.5. The number of benzene rings is 3. The summed E-state index contributed by atoms with van der Waals surface area (Å²) in [6, 6.07) is 25.9. The molecular formula is C34H35Cl3N2. The van der Waals surface area contributed by atoms with Crippen molar-refractivity contribution >= 4 is 53.3 Å². The standard InChI is InChI=1S/C34H34Cl2N2.ClH/c1-24(2)34(23-37,28-14-15-31(35)32(36)22-28)18-7-19-38-20-16-27(17-21-38)33-29-10-5-3-8-25(29)12-13-26-9-4-6-11-30(26)33;/h3-6,8-15,22,24H,7,16-21H2,1-2H3;1H. The number of hydrogen-bond acceptors (Lipinski definition) is 2. The fraction of sp³-hybridized carbons (Fsp3) is 0.324. The van der Waals surface area contributed by atoms with Gasteiger partial charge in [-0.1, -0.05) is 109 Å². The van der Waals surface area contributed by atoms with Crippen LogP contribution in [-0.2, 0) is 5.41 Å². The van der Waals surface area contributed by atoms with Crippen molar-refractivity contribution in [3.05, 3.63) is 110 Å². The Morgan fingerprint density at radius 2 is 1.46 bits per heavy atom. The van der Waals surface area contributed by atoms with Gasteiger partial charge in [0.15, 0.2) is 0 Å². The molecule has 1 heterocycles. The van der Waals surface area contributed by atoms with E-state index in [9.17, 15) is 5.26 Å². The van der Waals surface area contributed by atoms with Crippen molar-refractivity contribution in [2.75, 3.05) is 19.6 Å². The Morgan fingerprint density at radius 3 is 2.00 bits per heavy atom. The zero-order valence-corrected chi connectivity index (χ0v) is 24.9. The first-order valence-corrected chi connectivity index (χ1v) is 14.4. The van der Waals surface area contributed by atoms with Crippen molar-refractivity contribution in [2.24, 2.45) is 5.92 Å². The molecule has 0 bridgehead atoms. The summed E-state index contributed by atoms with van der Waals surface area (Å²) in [5, 5.41) is 11.3. The molecule has 0 saturated carbocycles. The minimum atomic E-state index is -0.572. The Kier molecular flexibility index (Phi) is 9.63. The normalized spacial score (nSPS) is 16.5. The average Bonchev–Trinajstić information content (AvgIpc) is 3.10. The molecule has 3 aromatic rings. The largest absolute Gasteiger partial charge is 0.303 e. The van der Waals surface area contributed by atoms with Gasteiger partial charge >= 0.3 is 0 Å². The zero-order valence-electron chi connectivity index (χ0n) is 22.6. The van der Waals surface area contributed by atoms with Gasteiger partial charge in [0.2, 0.25) is 0 Å². The van der Waals surface area contributed by atoms with Crippen molar-refractivity contribution in [3.8, 4) is 6.07 Å². The summed E-state index contributed by atoms with van der Waals surface area (Å²) in [5.41, 5.74) is 8.63. The van der Waals surface area contributed by atoms with Crippen molar-refractivity contribution in [3.63, 3.8) is 0 Å². The van der Waals surface area contributed by atoms with Crippen molar-refractivity contribution in [1.29, 1.82) is 5.26 Å². The van der Waals surface area contributed by atoms with E-state index in [1.165, 1.54) is 27.8 Å². The lowest BCUT2D eigenvalue weighted by molar-refractivity contribution is 0.238. The summed E-state index contributed by atoms with van der Waals surface area (Å²) in [5.74, 6) is 0.173. The van der Waals surface area contributed by atoms with E-state index in [2.05, 4.69) is 85.5 Å². The van der Waals surface area contributed by atoms with Gasteiger partial charge in [-0.2, -0.15) is 5.26 Å². The average molecular weight is 578 g/mol. The Hall–Kier alpha value is -2.54. The molecule has 3 aromatic carbocycles. The molecule has 1 fully saturated rings. The second-order valence-corrected chi connectivity index (χ2v) is 11.6. The number of nitriles is 1. The lowest BCUT2D eigenvalue weighted by atomic mass is 9.70. The summed E-state index contributed by atoms with van der Waals surface area (Å²) in [7, 11) is 0. The Morgan fingerprint density at radius 1 is 0.872 bits per heavy atom. The number of hydrogen-bond donors (Lipinski definition) is 0. The predicted octanol–water partition coefficient (Wildman–Crippen LogP) is 9.69. The van der Waals surface area contributed by atoms with E-state index in [4.69, 9.17) is 23.2 Å². The highest BCUT2D eigenvalue weighted by Gasteiger charge is 2.36. The van der Waals surface area contributed by atoms with Gasteiger partial charge in [0.25, 0.3) is 0 Å². The van der Waals surface area contributed by atoms with Crippen LogP contribution in [0.4, 0.5) is 0 Å². The third-order valence-corrected chi connectivity index (χ3v) is 9.12. The molecule has 0 N–H and O–H groups in total. The van der Waals surface area contributed by atoms with Gasteiger partial charge in [0.05, 0.1) is 21.5 Å². The summed E-state index contributed by atoms with van der Waals surface area (Å²) in [6.07, 6.45) is 8.40. The van der Waals surface area contributed by atoms with Gasteiger partial charge in [-0.15, -0.1) is 12.4 Å². The summed E-state index contributed by atoms with van der Waals surface area (Å²) >= 11 is 12.5. The molecule has 2 nitrogen and oxygen atoms in total. The molecule has 1 saturated heterocycles. The molecule has 1 aliphatic carbocycles. The maximum absolute atomic E-state index is 10.3. The van der Waals surface area contributed by atoms with Crippen LogP contribution in [-0.4, -0.2) is 24.5 Å². The maximum Gasteiger partial charge on any atom is 0.0846 e. The molecule has 0 spiro atoms. The van der Waals surface area contributed by atoms with Crippen LogP contribution in [0.1, 0.15) is 67.3 Å². The van der Waals surface area contributed by atoms with Crippen molar-refractivity contribution in [1.82, 2.24) is 4.90 Å². The van der Waals surface area contributed by atoms with Crippen LogP contribution in [0.5, 0.6) is 0 Å². The van der Waals surface area contributed by atoms with Crippen LogP contribution in [0.15, 0.2) is 72.3 Å². The van der Waals surface area contributed by atoms with Crippen molar-refractivity contribution < 1.29 is 0 Å². The molecular weight excluding hydrogens is 543 g/mol. The minimum Gasteiger partial charge on any atom is -0.303 e. The minimum absolute atomic E-state index is 0. The van der Waals surface area contributed by atoms with E-state index < -0.39 is 5.41 Å². The third kappa shape index (κ3) is 5.98. The number of fused-ring (bicyclic) bond motifs is 2. The molecule has 1 unspecified atom stereocenters. The molecule has 202 valence electrons. The summed E-state index contributed by atoms with van der Waals surface area (Å²) in [6.45, 7) is 7.34. The van der Waals surface area contributed by atoms with Crippen LogP contribution in [0.3, 0.4) is 0 Å². The van der Waals surface area contributed by atoms with Crippen LogP contribution in [0.2, 0.25) is 10.0 Å². The molecule has 39 heavy (non-hydrogen) atoms. The monoisotopic (exact) mass is 576 g/mol. The molecule has 1 atom stereocenters. The van der Waals surface area contributed by atoms with Crippen LogP contribution in [0, 0.1) is 17.2 Å². The molecule has 5 heteroatoms. The second kappa shape index (κ2) is 12.8. The number of halogens is 3. The zero-order chi connectivity index (χ0) is 26.7. The Bertz CT molecular complexity index is 1370. The molecule has 0 aromatic heterocycles. The molecule has 0 amide bonds. The maximum atomic E-state index is 10.3. The van der Waals surface area contributed by atoms with E-state index in [0.29, 0.717) is 10.0 Å². The number of likely N-dealkylation sites (tertiary alicyclic amines) is 1. The number of rotatable bonds is 6. The second-order valence-electron chi connectivity index (χ2n) is 10.8. The van der Waals surface area contributed by atoms with Gasteiger partial charge in [-0.25, -0.2) is 0 Å². The first kappa shape index (κ1) is 29.4. The van der Waals surface area contributed by atoms with Gasteiger partial charge < -0.3 is 4.90 Å². The topological polar surface area (TPSA) is 27.0 Å². The Labute approximate surface area is 249 Å². The highest BCUT2D eigenvalue weighted by molar-refractivity contribution is 6.42. The molecule has 1 aliphatic heterocycles. The lowest BCUT2D eigenvalue weighted by Crippen LogP contribution is -2.35. The summed E-state index contributed by atoms with van der Waals surface area (Å²) < 4.78 is 0. The van der Waals surface area contributed by atoms with Crippen LogP contribution >= 0.6 is 35.6 Å². The number of piperidine rings is 1. The van der Waals surface area contributed by atoms with Crippen molar-refractivity contribution in [2.45, 2.75) is 44.9 Å². The van der Waals surface area contributed by atoms with Gasteiger partial charge in [0.1, 0.15) is 0 Å². The van der Waals surface area contributed by atoms with Gasteiger partial charge in [0, 0.05) is 13.1 Å². The van der Waals surface area contributed by atoms with E-state index in [1.807, 2.05) is 18.2 Å². The van der Waals surface area contributed by atoms with Crippen LogP contribution < -0.4 is 0 Å². The smallest absolute Gasteiger partial charge is 0.0846 e. The quantitative estimate of drug-likeness (QED) is 0.228. The molecule has 2 aliphatic rings. The number of nitrogens with zero attached hydrogens (tertiary/aromatic N) is 2. The lowest BCUT2D eigenvalue weighted by Gasteiger charge is -2.34. The third-order valence-electron chi connectivity index (χ3n) is 8.38. The highest BCUT2D eigenvalue weighted by Crippen LogP contribution is 2.40. The first-order valence-electron chi connectivity index (χ1n) is 13.6. The van der Waals surface area contributed by atoms with Gasteiger partial charge in [-0.3, -0.25) is 0 Å². The SMILES string of the molecule is CC(C)C(C#N)(CCCN1CCC(=C2c3ccccc3C=Cc3ccccc32)CC1)c1ccc(Cl)c(Cl)c1.Cl. The molecule has 5 rings (SSSR count). The van der Waals surface area contributed by atoms with Crippen LogP contribution in [0.25, 0.3) is 17.7 Å². The molecule has 0 radical (unpaired) electrons.